The van der Waals surface area contributed by atoms with Gasteiger partial charge in [0.05, 0.1) is 11.7 Å². The zero-order chi connectivity index (χ0) is 18.1. The lowest BCUT2D eigenvalue weighted by Gasteiger charge is -2.55. The molecule has 0 amide bonds. The maximum Gasteiger partial charge on any atom is 0.130 e. The first-order chi connectivity index (χ1) is 12.4. The van der Waals surface area contributed by atoms with Crippen LogP contribution >= 0.6 is 15.9 Å². The fraction of sp³-hybridized carbons (Fsp3) is 0.391. The summed E-state index contributed by atoms with van der Waals surface area (Å²) in [5, 5.41) is 3.88. The third-order valence-corrected chi connectivity index (χ3v) is 7.44. The summed E-state index contributed by atoms with van der Waals surface area (Å²) in [7, 11) is 0. The molecule has 0 saturated heterocycles. The van der Waals surface area contributed by atoms with Gasteiger partial charge >= 0.3 is 0 Å². The summed E-state index contributed by atoms with van der Waals surface area (Å²) in [6.45, 7) is 7.06. The smallest absolute Gasteiger partial charge is 0.130 e. The molecule has 3 aliphatic rings. The summed E-state index contributed by atoms with van der Waals surface area (Å²) in [4.78, 5) is 0. The van der Waals surface area contributed by atoms with Crippen molar-refractivity contribution in [2.45, 2.75) is 50.7 Å². The molecular weight excluding hydrogens is 386 g/mol. The molecule has 2 aromatic carbocycles. The second-order valence-corrected chi connectivity index (χ2v) is 9.48. The van der Waals surface area contributed by atoms with Crippen LogP contribution in [-0.2, 0) is 5.41 Å². The van der Waals surface area contributed by atoms with Gasteiger partial charge in [-0.25, -0.2) is 0 Å². The van der Waals surface area contributed by atoms with Gasteiger partial charge in [0.25, 0.3) is 0 Å². The Morgan fingerprint density at radius 2 is 1.88 bits per heavy atom. The first-order valence-electron chi connectivity index (χ1n) is 9.46. The maximum absolute atomic E-state index is 6.54. The van der Waals surface area contributed by atoms with Crippen molar-refractivity contribution >= 4 is 27.7 Å². The molecule has 2 nitrogen and oxygen atoms in total. The number of fused-ring (bicyclic) bond motifs is 5. The highest BCUT2D eigenvalue weighted by Gasteiger charge is 2.53. The van der Waals surface area contributed by atoms with Gasteiger partial charge in [-0.1, -0.05) is 44.2 Å². The molecule has 1 fully saturated rings. The molecule has 3 heteroatoms. The van der Waals surface area contributed by atoms with Crippen LogP contribution in [0.4, 0.5) is 5.69 Å². The Balaban J connectivity index is 1.68. The van der Waals surface area contributed by atoms with E-state index in [0.29, 0.717) is 12.0 Å². The topological polar surface area (TPSA) is 21.3 Å². The number of hydrogen-bond acceptors (Lipinski definition) is 2. The zero-order valence-electron chi connectivity index (χ0n) is 15.5. The molecule has 2 heterocycles. The number of para-hydroxylation sites is 2. The summed E-state index contributed by atoms with van der Waals surface area (Å²) in [6, 6.07) is 15.2. The molecule has 1 N–H and O–H groups in total. The van der Waals surface area contributed by atoms with Crippen molar-refractivity contribution in [3.63, 3.8) is 0 Å². The van der Waals surface area contributed by atoms with Gasteiger partial charge in [-0.15, -0.1) is 0 Å². The Kier molecular flexibility index (Phi) is 3.40. The molecule has 0 unspecified atom stereocenters. The van der Waals surface area contributed by atoms with Gasteiger partial charge in [0.2, 0.25) is 0 Å². The first kappa shape index (κ1) is 16.4. The fourth-order valence-corrected chi connectivity index (χ4v) is 5.74. The fourth-order valence-electron chi connectivity index (χ4n) is 5.26. The average Bonchev–Trinajstić information content (AvgIpc) is 2.60. The molecule has 0 spiro atoms. The Bertz CT molecular complexity index is 932. The van der Waals surface area contributed by atoms with Gasteiger partial charge in [-0.05, 0) is 76.4 Å². The van der Waals surface area contributed by atoms with E-state index in [0.717, 1.165) is 23.1 Å². The zero-order valence-corrected chi connectivity index (χ0v) is 17.1. The van der Waals surface area contributed by atoms with Crippen LogP contribution in [-0.4, -0.2) is 11.6 Å². The number of ether oxygens (including phenoxy) is 1. The van der Waals surface area contributed by atoms with E-state index in [2.05, 4.69) is 90.6 Å². The second-order valence-electron chi connectivity index (χ2n) is 8.62. The second kappa shape index (κ2) is 5.39. The normalized spacial score (nSPS) is 30.5. The van der Waals surface area contributed by atoms with Crippen LogP contribution in [0.15, 0.2) is 52.5 Å². The molecule has 134 valence electrons. The molecule has 0 bridgehead atoms. The van der Waals surface area contributed by atoms with Crippen molar-refractivity contribution in [3.8, 4) is 5.75 Å². The molecule has 3 atom stereocenters. The van der Waals surface area contributed by atoms with Crippen LogP contribution in [0.3, 0.4) is 0 Å². The van der Waals surface area contributed by atoms with E-state index < -0.39 is 0 Å². The van der Waals surface area contributed by atoms with Gasteiger partial charge in [0.1, 0.15) is 11.4 Å². The first-order valence-corrected chi connectivity index (χ1v) is 10.3. The Labute approximate surface area is 163 Å². The molecule has 2 aromatic rings. The molecule has 26 heavy (non-hydrogen) atoms. The summed E-state index contributed by atoms with van der Waals surface area (Å²) in [5.74, 6) is 1.56. The van der Waals surface area contributed by atoms with E-state index in [1.165, 1.54) is 22.4 Å². The van der Waals surface area contributed by atoms with Crippen LogP contribution in [0.5, 0.6) is 5.75 Å². The van der Waals surface area contributed by atoms with Crippen molar-refractivity contribution in [2.75, 3.05) is 5.32 Å². The van der Waals surface area contributed by atoms with Gasteiger partial charge in [-0.2, -0.15) is 0 Å². The van der Waals surface area contributed by atoms with Crippen molar-refractivity contribution in [3.05, 3.63) is 63.6 Å². The highest BCUT2D eigenvalue weighted by atomic mass is 79.9. The lowest BCUT2D eigenvalue weighted by Crippen LogP contribution is -2.57. The summed E-state index contributed by atoms with van der Waals surface area (Å²) in [5.41, 5.74) is 5.13. The molecule has 5 rings (SSSR count). The minimum absolute atomic E-state index is 0.119. The highest BCUT2D eigenvalue weighted by molar-refractivity contribution is 9.10. The minimum atomic E-state index is -0.225. The van der Waals surface area contributed by atoms with Crippen LogP contribution in [0.25, 0.3) is 6.08 Å². The summed E-state index contributed by atoms with van der Waals surface area (Å²) >= 11 is 3.76. The van der Waals surface area contributed by atoms with Crippen LogP contribution in [0.2, 0.25) is 0 Å². The standard InChI is InChI=1S/C23H24BrNO/c1-22(2)15-8-6-9-18(24)21(15)25-20-16(22)11-12-23(3)17(20)13-14-7-4-5-10-19(14)26-23/h4-10,13,16,20,25H,11-12H2,1-3H3/t16-,20+,23-/m0/s1. The van der Waals surface area contributed by atoms with E-state index in [1.54, 1.807) is 0 Å². The third kappa shape index (κ3) is 2.16. The number of nitrogens with one attached hydrogen (secondary N) is 1. The van der Waals surface area contributed by atoms with E-state index in [-0.39, 0.29) is 11.0 Å². The SMILES string of the molecule is CC1(C)c2cccc(Br)c2N[C@H]2C3=Cc4ccccc4O[C@@]3(C)CC[C@@H]21. The van der Waals surface area contributed by atoms with E-state index in [9.17, 15) is 0 Å². The lowest BCUT2D eigenvalue weighted by molar-refractivity contribution is 0.0603. The number of benzene rings is 2. The number of halogens is 1. The predicted molar refractivity (Wildman–Crippen MR) is 111 cm³/mol. The van der Waals surface area contributed by atoms with Crippen molar-refractivity contribution in [1.82, 2.24) is 0 Å². The van der Waals surface area contributed by atoms with Gasteiger partial charge < -0.3 is 10.1 Å². The van der Waals surface area contributed by atoms with Crippen LogP contribution in [0.1, 0.15) is 44.7 Å². The van der Waals surface area contributed by atoms with Crippen LogP contribution in [0, 0.1) is 5.92 Å². The van der Waals surface area contributed by atoms with E-state index in [4.69, 9.17) is 4.74 Å². The third-order valence-electron chi connectivity index (χ3n) is 6.78. The highest BCUT2D eigenvalue weighted by Crippen LogP contribution is 2.55. The quantitative estimate of drug-likeness (QED) is 0.561. The largest absolute Gasteiger partial charge is 0.483 e. The average molecular weight is 410 g/mol. The van der Waals surface area contributed by atoms with Crippen molar-refractivity contribution in [1.29, 1.82) is 0 Å². The Morgan fingerprint density at radius 3 is 2.73 bits per heavy atom. The van der Waals surface area contributed by atoms with Crippen molar-refractivity contribution < 1.29 is 4.74 Å². The van der Waals surface area contributed by atoms with Gasteiger partial charge in [0, 0.05) is 10.0 Å². The summed E-state index contributed by atoms with van der Waals surface area (Å²) in [6.07, 6.45) is 4.59. The van der Waals surface area contributed by atoms with E-state index in [1.807, 2.05) is 0 Å². The molecule has 1 aliphatic carbocycles. The molecule has 0 aromatic heterocycles. The Morgan fingerprint density at radius 1 is 1.08 bits per heavy atom. The molecule has 1 saturated carbocycles. The maximum atomic E-state index is 6.54. The van der Waals surface area contributed by atoms with Crippen LogP contribution < -0.4 is 10.1 Å². The Hall–Kier alpha value is -1.74. The van der Waals surface area contributed by atoms with Crippen molar-refractivity contribution in [2.24, 2.45) is 5.92 Å². The van der Waals surface area contributed by atoms with Gasteiger partial charge in [0.15, 0.2) is 0 Å². The predicted octanol–water partition coefficient (Wildman–Crippen LogP) is 6.17. The number of rotatable bonds is 0. The summed E-state index contributed by atoms with van der Waals surface area (Å²) < 4.78 is 7.68. The lowest BCUT2D eigenvalue weighted by atomic mass is 9.58. The monoisotopic (exact) mass is 409 g/mol. The number of anilines is 1. The number of hydrogen-bond donors (Lipinski definition) is 1. The van der Waals surface area contributed by atoms with Gasteiger partial charge in [-0.3, -0.25) is 0 Å². The molecular formula is C23H24BrNO. The molecule has 2 aliphatic heterocycles. The molecule has 0 radical (unpaired) electrons. The van der Waals surface area contributed by atoms with E-state index >= 15 is 0 Å². The minimum Gasteiger partial charge on any atom is -0.483 e.